The van der Waals surface area contributed by atoms with Gasteiger partial charge in [-0.25, -0.2) is 14.8 Å². The second kappa shape index (κ2) is 8.92. The van der Waals surface area contributed by atoms with Gasteiger partial charge in [0.05, 0.1) is 39.1 Å². The summed E-state index contributed by atoms with van der Waals surface area (Å²) in [5.74, 6) is 1.12. The standard InChI is InChI=1S/C23H26N6O4S/c1-13-25-11-17(33-13)18-8-9-19(34-18)20(30)27-21-26-15-10-14(28(5)22(31)24-4)6-7-16(15)29(21)12-23(2,3)32/h6-11,32H,12H2,1-5H3,(H,24,31)(H,26,27,30). The van der Waals surface area contributed by atoms with Crippen molar-refractivity contribution in [2.75, 3.05) is 24.3 Å². The third-order valence-corrected chi connectivity index (χ3v) is 6.20. The van der Waals surface area contributed by atoms with E-state index in [2.05, 4.69) is 20.6 Å². The molecule has 0 aliphatic heterocycles. The van der Waals surface area contributed by atoms with Gasteiger partial charge in [0.25, 0.3) is 5.91 Å². The van der Waals surface area contributed by atoms with Crippen LogP contribution in [0.1, 0.15) is 29.4 Å². The third-order valence-electron chi connectivity index (χ3n) is 5.10. The highest BCUT2D eigenvalue weighted by Gasteiger charge is 2.22. The molecule has 10 nitrogen and oxygen atoms in total. The molecule has 0 atom stereocenters. The Labute approximate surface area is 200 Å². The van der Waals surface area contributed by atoms with Gasteiger partial charge in [-0.2, -0.15) is 0 Å². The molecule has 11 heteroatoms. The SMILES string of the molecule is CNC(=O)N(C)c1ccc2c(c1)nc(NC(=O)c1ccc(-c3cnc(C)o3)s1)n2CC(C)(C)O. The molecule has 178 valence electrons. The Morgan fingerprint density at radius 3 is 2.68 bits per heavy atom. The first-order valence-electron chi connectivity index (χ1n) is 10.6. The van der Waals surface area contributed by atoms with Crippen molar-refractivity contribution >= 4 is 45.9 Å². The smallest absolute Gasteiger partial charge is 0.321 e. The number of imidazole rings is 1. The molecule has 0 fully saturated rings. The summed E-state index contributed by atoms with van der Waals surface area (Å²) in [6, 6.07) is 8.62. The van der Waals surface area contributed by atoms with E-state index >= 15 is 0 Å². The summed E-state index contributed by atoms with van der Waals surface area (Å²) in [6.07, 6.45) is 1.62. The number of anilines is 2. The van der Waals surface area contributed by atoms with Gasteiger partial charge in [-0.1, -0.05) is 0 Å². The quantitative estimate of drug-likeness (QED) is 0.383. The number of hydrogen-bond acceptors (Lipinski definition) is 7. The molecular weight excluding hydrogens is 456 g/mol. The maximum atomic E-state index is 13.0. The zero-order chi connectivity index (χ0) is 24.6. The molecule has 0 aliphatic carbocycles. The molecule has 4 aromatic rings. The van der Waals surface area contributed by atoms with Crippen LogP contribution in [0.2, 0.25) is 0 Å². The Morgan fingerprint density at radius 2 is 2.03 bits per heavy atom. The fourth-order valence-electron chi connectivity index (χ4n) is 3.48. The number of fused-ring (bicyclic) bond motifs is 1. The number of carbonyl (C=O) groups is 2. The Balaban J connectivity index is 1.67. The minimum Gasteiger partial charge on any atom is -0.440 e. The van der Waals surface area contributed by atoms with Gasteiger partial charge in [-0.3, -0.25) is 15.0 Å². The average molecular weight is 483 g/mol. The van der Waals surface area contributed by atoms with Crippen molar-refractivity contribution in [3.8, 4) is 10.6 Å². The maximum Gasteiger partial charge on any atom is 0.321 e. The number of aryl methyl sites for hydroxylation is 1. The Morgan fingerprint density at radius 1 is 1.26 bits per heavy atom. The lowest BCUT2D eigenvalue weighted by molar-refractivity contribution is 0.0630. The van der Waals surface area contributed by atoms with Gasteiger partial charge in [0.1, 0.15) is 0 Å². The van der Waals surface area contributed by atoms with Crippen molar-refractivity contribution in [1.82, 2.24) is 19.9 Å². The summed E-state index contributed by atoms with van der Waals surface area (Å²) >= 11 is 1.28. The predicted octanol–water partition coefficient (Wildman–Crippen LogP) is 3.86. The highest BCUT2D eigenvalue weighted by Crippen LogP contribution is 2.30. The van der Waals surface area contributed by atoms with Crippen LogP contribution in [0.15, 0.2) is 40.9 Å². The highest BCUT2D eigenvalue weighted by atomic mass is 32.1. The first-order valence-corrected chi connectivity index (χ1v) is 11.4. The molecule has 3 N–H and O–H groups in total. The molecule has 3 aromatic heterocycles. The van der Waals surface area contributed by atoms with Gasteiger partial charge in [0.2, 0.25) is 5.95 Å². The predicted molar refractivity (Wildman–Crippen MR) is 131 cm³/mol. The maximum absolute atomic E-state index is 13.0. The monoisotopic (exact) mass is 482 g/mol. The molecule has 0 spiro atoms. The first-order chi connectivity index (χ1) is 16.1. The van der Waals surface area contributed by atoms with Gasteiger partial charge < -0.3 is 19.4 Å². The second-order valence-corrected chi connectivity index (χ2v) is 9.57. The van der Waals surface area contributed by atoms with Crippen LogP contribution in [0.5, 0.6) is 0 Å². The zero-order valence-electron chi connectivity index (χ0n) is 19.5. The van der Waals surface area contributed by atoms with Crippen molar-refractivity contribution < 1.29 is 19.1 Å². The minimum absolute atomic E-state index is 0.205. The topological polar surface area (TPSA) is 126 Å². The number of aromatic nitrogens is 3. The number of nitrogens with zero attached hydrogens (tertiary/aromatic N) is 4. The number of aliphatic hydroxyl groups is 1. The largest absolute Gasteiger partial charge is 0.440 e. The van der Waals surface area contributed by atoms with Crippen LogP contribution in [0, 0.1) is 6.92 Å². The molecule has 3 amide bonds. The zero-order valence-corrected chi connectivity index (χ0v) is 20.4. The number of hydrogen-bond donors (Lipinski definition) is 3. The fourth-order valence-corrected chi connectivity index (χ4v) is 4.33. The van der Waals surface area contributed by atoms with E-state index in [1.807, 2.05) is 6.07 Å². The van der Waals surface area contributed by atoms with Gasteiger partial charge in [-0.05, 0) is 44.2 Å². The number of amides is 3. The van der Waals surface area contributed by atoms with Crippen molar-refractivity contribution in [3.63, 3.8) is 0 Å². The van der Waals surface area contributed by atoms with Crippen LogP contribution < -0.4 is 15.5 Å². The van der Waals surface area contributed by atoms with E-state index in [1.165, 1.54) is 16.2 Å². The minimum atomic E-state index is -1.05. The van der Waals surface area contributed by atoms with Gasteiger partial charge in [0.15, 0.2) is 11.7 Å². The van der Waals surface area contributed by atoms with Gasteiger partial charge >= 0.3 is 6.03 Å². The third kappa shape index (κ3) is 4.80. The number of urea groups is 1. The lowest BCUT2D eigenvalue weighted by atomic mass is 10.1. The lowest BCUT2D eigenvalue weighted by Crippen LogP contribution is -2.34. The van der Waals surface area contributed by atoms with E-state index in [0.29, 0.717) is 33.7 Å². The van der Waals surface area contributed by atoms with E-state index < -0.39 is 5.60 Å². The summed E-state index contributed by atoms with van der Waals surface area (Å²) in [5, 5.41) is 15.9. The molecule has 0 saturated heterocycles. The van der Waals surface area contributed by atoms with E-state index in [-0.39, 0.29) is 18.5 Å². The molecule has 0 saturated carbocycles. The summed E-state index contributed by atoms with van der Waals surface area (Å²) in [4.78, 5) is 36.5. The molecule has 1 aromatic carbocycles. The van der Waals surface area contributed by atoms with Crippen molar-refractivity contribution in [3.05, 3.63) is 47.3 Å². The van der Waals surface area contributed by atoms with E-state index in [4.69, 9.17) is 4.42 Å². The van der Waals surface area contributed by atoms with Crippen molar-refractivity contribution in [2.24, 2.45) is 0 Å². The number of nitrogens with one attached hydrogen (secondary N) is 2. The summed E-state index contributed by atoms with van der Waals surface area (Å²) in [5.41, 5.74) is 0.889. The van der Waals surface area contributed by atoms with Crippen LogP contribution in [0.4, 0.5) is 16.4 Å². The Bertz CT molecular complexity index is 1360. The van der Waals surface area contributed by atoms with E-state index in [1.54, 1.807) is 69.9 Å². The van der Waals surface area contributed by atoms with E-state index in [9.17, 15) is 14.7 Å². The fraction of sp³-hybridized carbons (Fsp3) is 0.304. The van der Waals surface area contributed by atoms with Gasteiger partial charge in [0, 0.05) is 26.7 Å². The summed E-state index contributed by atoms with van der Waals surface area (Å²) in [6.45, 7) is 5.33. The van der Waals surface area contributed by atoms with Crippen LogP contribution in [-0.2, 0) is 6.54 Å². The highest BCUT2D eigenvalue weighted by molar-refractivity contribution is 7.17. The lowest BCUT2D eigenvalue weighted by Gasteiger charge is -2.20. The van der Waals surface area contributed by atoms with Gasteiger partial charge in [-0.15, -0.1) is 11.3 Å². The van der Waals surface area contributed by atoms with Crippen molar-refractivity contribution in [1.29, 1.82) is 0 Å². The van der Waals surface area contributed by atoms with Crippen LogP contribution >= 0.6 is 11.3 Å². The summed E-state index contributed by atoms with van der Waals surface area (Å²) < 4.78 is 7.30. The van der Waals surface area contributed by atoms with Crippen molar-refractivity contribution in [2.45, 2.75) is 32.9 Å². The molecule has 4 rings (SSSR count). The van der Waals surface area contributed by atoms with Crippen LogP contribution in [-0.4, -0.2) is 51.3 Å². The molecule has 0 unspecified atom stereocenters. The molecule has 0 bridgehead atoms. The number of benzene rings is 1. The number of rotatable bonds is 6. The molecule has 0 radical (unpaired) electrons. The first kappa shape index (κ1) is 23.5. The summed E-state index contributed by atoms with van der Waals surface area (Å²) in [7, 11) is 3.21. The molecular formula is C23H26N6O4S. The Kier molecular flexibility index (Phi) is 6.15. The average Bonchev–Trinajstić information content (AvgIpc) is 3.51. The molecule has 0 aliphatic rings. The second-order valence-electron chi connectivity index (χ2n) is 8.48. The molecule has 34 heavy (non-hydrogen) atoms. The molecule has 3 heterocycles. The number of oxazole rings is 1. The Hall–Kier alpha value is -3.70. The van der Waals surface area contributed by atoms with Crippen LogP contribution in [0.3, 0.4) is 0 Å². The van der Waals surface area contributed by atoms with Crippen LogP contribution in [0.25, 0.3) is 21.7 Å². The normalized spacial score (nSPS) is 11.6. The number of carbonyl (C=O) groups excluding carboxylic acids is 2. The van der Waals surface area contributed by atoms with E-state index in [0.717, 1.165) is 10.4 Å². The number of thiophene rings is 1.